The SMILES string of the molecule is CCOc1cc(/C=N\NC(=O)C(=O)NCc2ccc(C(C)C)cc2)ccc1OCC(=O)Nc1cccc(Cl)c1. The Labute approximate surface area is 232 Å². The molecule has 0 saturated carbocycles. The van der Waals surface area contributed by atoms with Crippen LogP contribution >= 0.6 is 11.6 Å². The Hall–Kier alpha value is -4.37. The van der Waals surface area contributed by atoms with Crippen LogP contribution in [0.1, 0.15) is 43.4 Å². The average Bonchev–Trinajstić information content (AvgIpc) is 2.91. The maximum atomic E-state index is 12.2. The number of carbonyl (C=O) groups excluding carboxylic acids is 3. The number of nitrogens with zero attached hydrogens (tertiary/aromatic N) is 1. The Morgan fingerprint density at radius 3 is 2.41 bits per heavy atom. The standard InChI is InChI=1S/C29H31ClN4O5/c1-4-38-26-14-21(10-13-25(26)39-18-27(35)33-24-7-5-6-23(30)15-24)17-32-34-29(37)28(36)31-16-20-8-11-22(12-9-20)19(2)3/h5-15,17,19H,4,16,18H2,1-3H3,(H,31,36)(H,33,35)(H,34,37)/b32-17-. The molecule has 3 aromatic rings. The van der Waals surface area contributed by atoms with Gasteiger partial charge in [0.2, 0.25) is 0 Å². The number of nitrogens with one attached hydrogen (secondary N) is 3. The van der Waals surface area contributed by atoms with Crippen molar-refractivity contribution in [3.63, 3.8) is 0 Å². The molecular formula is C29H31ClN4O5. The van der Waals surface area contributed by atoms with E-state index in [0.29, 0.717) is 40.3 Å². The summed E-state index contributed by atoms with van der Waals surface area (Å²) in [5.41, 5.74) is 5.43. The Kier molecular flexibility index (Phi) is 10.9. The predicted octanol–water partition coefficient (Wildman–Crippen LogP) is 4.65. The van der Waals surface area contributed by atoms with Crippen molar-refractivity contribution in [3.05, 3.63) is 88.4 Å². The Morgan fingerprint density at radius 1 is 0.949 bits per heavy atom. The van der Waals surface area contributed by atoms with Crippen molar-refractivity contribution in [2.75, 3.05) is 18.5 Å². The molecule has 10 heteroatoms. The lowest BCUT2D eigenvalue weighted by Crippen LogP contribution is -2.37. The van der Waals surface area contributed by atoms with Crippen molar-refractivity contribution in [3.8, 4) is 11.5 Å². The molecule has 39 heavy (non-hydrogen) atoms. The highest BCUT2D eigenvalue weighted by Crippen LogP contribution is 2.28. The molecule has 204 valence electrons. The van der Waals surface area contributed by atoms with Crippen LogP contribution in [0.25, 0.3) is 0 Å². The second-order valence-electron chi connectivity index (χ2n) is 8.76. The summed E-state index contributed by atoms with van der Waals surface area (Å²) in [5.74, 6) is -0.878. The molecule has 3 amide bonds. The zero-order valence-corrected chi connectivity index (χ0v) is 22.7. The second-order valence-corrected chi connectivity index (χ2v) is 9.20. The van der Waals surface area contributed by atoms with Crippen molar-refractivity contribution in [1.82, 2.24) is 10.7 Å². The highest BCUT2D eigenvalue weighted by molar-refractivity contribution is 6.35. The van der Waals surface area contributed by atoms with Gasteiger partial charge in [-0.2, -0.15) is 5.10 Å². The van der Waals surface area contributed by atoms with Gasteiger partial charge in [0.1, 0.15) is 0 Å². The number of hydrogen-bond acceptors (Lipinski definition) is 6. The summed E-state index contributed by atoms with van der Waals surface area (Å²) in [7, 11) is 0. The van der Waals surface area contributed by atoms with E-state index in [-0.39, 0.29) is 19.1 Å². The molecule has 9 nitrogen and oxygen atoms in total. The first-order chi connectivity index (χ1) is 18.7. The fourth-order valence-corrected chi connectivity index (χ4v) is 3.59. The molecule has 0 aliphatic carbocycles. The number of rotatable bonds is 11. The molecule has 0 aliphatic rings. The molecule has 3 N–H and O–H groups in total. The smallest absolute Gasteiger partial charge is 0.329 e. The molecule has 0 unspecified atom stereocenters. The zero-order chi connectivity index (χ0) is 28.2. The van der Waals surface area contributed by atoms with E-state index >= 15 is 0 Å². The third kappa shape index (κ3) is 9.46. The Morgan fingerprint density at radius 2 is 1.72 bits per heavy atom. The van der Waals surface area contributed by atoms with Crippen molar-refractivity contribution in [2.45, 2.75) is 33.2 Å². The number of ether oxygens (including phenoxy) is 2. The molecule has 0 spiro atoms. The summed E-state index contributed by atoms with van der Waals surface area (Å²) in [5, 5.41) is 9.63. The summed E-state index contributed by atoms with van der Waals surface area (Å²) < 4.78 is 11.2. The maximum absolute atomic E-state index is 12.2. The second kappa shape index (κ2) is 14.5. The first-order valence-corrected chi connectivity index (χ1v) is 12.8. The summed E-state index contributed by atoms with van der Waals surface area (Å²) in [6, 6.07) is 19.6. The van der Waals surface area contributed by atoms with E-state index in [1.807, 2.05) is 31.2 Å². The van der Waals surface area contributed by atoms with Crippen molar-refractivity contribution in [1.29, 1.82) is 0 Å². The topological polar surface area (TPSA) is 118 Å². The van der Waals surface area contributed by atoms with Crippen LogP contribution in [-0.4, -0.2) is 37.1 Å². The van der Waals surface area contributed by atoms with Gasteiger partial charge in [-0.15, -0.1) is 0 Å². The van der Waals surface area contributed by atoms with E-state index < -0.39 is 11.8 Å². The van der Waals surface area contributed by atoms with E-state index in [4.69, 9.17) is 21.1 Å². The third-order valence-electron chi connectivity index (χ3n) is 5.42. The lowest BCUT2D eigenvalue weighted by molar-refractivity contribution is -0.139. The zero-order valence-electron chi connectivity index (χ0n) is 22.0. The van der Waals surface area contributed by atoms with Gasteiger partial charge in [-0.25, -0.2) is 5.43 Å². The van der Waals surface area contributed by atoms with E-state index in [0.717, 1.165) is 5.56 Å². The van der Waals surface area contributed by atoms with Crippen molar-refractivity contribution in [2.24, 2.45) is 5.10 Å². The van der Waals surface area contributed by atoms with Crippen LogP contribution in [0.3, 0.4) is 0 Å². The van der Waals surface area contributed by atoms with E-state index in [9.17, 15) is 14.4 Å². The van der Waals surface area contributed by atoms with Crippen LogP contribution in [0, 0.1) is 0 Å². The van der Waals surface area contributed by atoms with Crippen molar-refractivity contribution >= 4 is 41.2 Å². The van der Waals surface area contributed by atoms with Gasteiger partial charge >= 0.3 is 11.8 Å². The summed E-state index contributed by atoms with van der Waals surface area (Å²) >= 11 is 5.94. The summed E-state index contributed by atoms with van der Waals surface area (Å²) in [4.78, 5) is 36.4. The molecule has 0 heterocycles. The Balaban J connectivity index is 1.50. The molecular weight excluding hydrogens is 520 g/mol. The molecule has 0 fully saturated rings. The summed E-state index contributed by atoms with van der Waals surface area (Å²) in [6.07, 6.45) is 1.37. The van der Waals surface area contributed by atoms with Crippen LogP contribution < -0.4 is 25.5 Å². The number of anilines is 1. The number of amides is 3. The van der Waals surface area contributed by atoms with Gasteiger partial charge in [0.25, 0.3) is 5.91 Å². The van der Waals surface area contributed by atoms with Crippen LogP contribution in [0.15, 0.2) is 71.8 Å². The molecule has 0 bridgehead atoms. The van der Waals surface area contributed by atoms with E-state index in [1.54, 1.807) is 42.5 Å². The van der Waals surface area contributed by atoms with E-state index in [1.165, 1.54) is 11.8 Å². The number of benzene rings is 3. The summed E-state index contributed by atoms with van der Waals surface area (Å²) in [6.45, 7) is 6.37. The predicted molar refractivity (Wildman–Crippen MR) is 151 cm³/mol. The van der Waals surface area contributed by atoms with Gasteiger partial charge in [0.15, 0.2) is 18.1 Å². The number of hydrazone groups is 1. The van der Waals surface area contributed by atoms with Gasteiger partial charge in [-0.05, 0) is 65.9 Å². The Bertz CT molecular complexity index is 1330. The number of halogens is 1. The quantitative estimate of drug-likeness (QED) is 0.182. The van der Waals surface area contributed by atoms with Crippen LogP contribution in [0.4, 0.5) is 5.69 Å². The monoisotopic (exact) mass is 550 g/mol. The largest absolute Gasteiger partial charge is 0.490 e. The highest BCUT2D eigenvalue weighted by atomic mass is 35.5. The minimum atomic E-state index is -0.888. The normalized spacial score (nSPS) is 10.8. The van der Waals surface area contributed by atoms with Gasteiger partial charge < -0.3 is 20.1 Å². The molecule has 3 rings (SSSR count). The van der Waals surface area contributed by atoms with Crippen LogP contribution in [0.5, 0.6) is 11.5 Å². The molecule has 0 saturated heterocycles. The third-order valence-corrected chi connectivity index (χ3v) is 5.66. The highest BCUT2D eigenvalue weighted by Gasteiger charge is 2.13. The minimum Gasteiger partial charge on any atom is -0.490 e. The number of hydrogen-bond donors (Lipinski definition) is 3. The van der Waals surface area contributed by atoms with Crippen LogP contribution in [-0.2, 0) is 20.9 Å². The molecule has 3 aromatic carbocycles. The fourth-order valence-electron chi connectivity index (χ4n) is 3.40. The molecule has 0 radical (unpaired) electrons. The van der Waals surface area contributed by atoms with E-state index in [2.05, 4.69) is 35.0 Å². The van der Waals surface area contributed by atoms with Gasteiger partial charge in [0.05, 0.1) is 12.8 Å². The first kappa shape index (κ1) is 29.2. The van der Waals surface area contributed by atoms with Crippen LogP contribution in [0.2, 0.25) is 5.02 Å². The molecule has 0 aliphatic heterocycles. The van der Waals surface area contributed by atoms with Crippen molar-refractivity contribution < 1.29 is 23.9 Å². The lowest BCUT2D eigenvalue weighted by Gasteiger charge is -2.12. The van der Waals surface area contributed by atoms with Gasteiger partial charge in [-0.1, -0.05) is 55.8 Å². The van der Waals surface area contributed by atoms with Gasteiger partial charge in [0, 0.05) is 17.3 Å². The maximum Gasteiger partial charge on any atom is 0.329 e. The van der Waals surface area contributed by atoms with Gasteiger partial charge in [-0.3, -0.25) is 14.4 Å². The lowest BCUT2D eigenvalue weighted by atomic mass is 10.0. The average molecular weight is 551 g/mol. The molecule has 0 atom stereocenters. The fraction of sp³-hybridized carbons (Fsp3) is 0.241. The minimum absolute atomic E-state index is 0.227. The first-order valence-electron chi connectivity index (χ1n) is 12.4. The molecule has 0 aromatic heterocycles. The number of carbonyl (C=O) groups is 3.